The van der Waals surface area contributed by atoms with Crippen LogP contribution >= 0.6 is 0 Å². The zero-order chi connectivity index (χ0) is 39.3. The minimum absolute atomic E-state index is 0.0619. The molecule has 0 radical (unpaired) electrons. The van der Waals surface area contributed by atoms with E-state index < -0.39 is 40.2 Å². The number of ether oxygens (including phenoxy) is 5. The molecule has 2 aliphatic rings. The van der Waals surface area contributed by atoms with Gasteiger partial charge in [-0.05, 0) is 62.0 Å². The molecule has 0 spiro atoms. The smallest absolute Gasteiger partial charge is 0.329 e. The van der Waals surface area contributed by atoms with Gasteiger partial charge in [0, 0.05) is 41.8 Å². The number of benzene rings is 2. The van der Waals surface area contributed by atoms with Crippen LogP contribution in [-0.2, 0) is 23.8 Å². The molecule has 0 fully saturated rings. The van der Waals surface area contributed by atoms with E-state index in [-0.39, 0.29) is 25.4 Å². The predicted octanol–water partition coefficient (Wildman–Crippen LogP) is 7.09. The molecule has 0 bridgehead atoms. The van der Waals surface area contributed by atoms with Gasteiger partial charge in [-0.3, -0.25) is 9.59 Å². The zero-order valence-electron chi connectivity index (χ0n) is 32.6. The van der Waals surface area contributed by atoms with Crippen LogP contribution in [0.4, 0.5) is 0 Å². The summed E-state index contributed by atoms with van der Waals surface area (Å²) >= 11 is 0. The van der Waals surface area contributed by atoms with Crippen LogP contribution in [0.25, 0.3) is 0 Å². The second kappa shape index (κ2) is 19.7. The Morgan fingerprint density at radius 3 is 1.51 bits per heavy atom. The number of carboxylic acid groups (broad SMARTS) is 1. The zero-order valence-corrected chi connectivity index (χ0v) is 34.6. The number of hydrogen-bond acceptors (Lipinski definition) is 9. The first-order chi connectivity index (χ1) is 24.9. The first-order valence-corrected chi connectivity index (χ1v) is 25.3. The average molecular weight is 769 g/mol. The fourth-order valence-electron chi connectivity index (χ4n) is 5.44. The van der Waals surface area contributed by atoms with Crippen molar-refractivity contribution in [1.82, 2.24) is 9.80 Å². The SMILES string of the molecule is COC(=O)[C@@H]1CC=CN1C(=O)c1c(C)cccc1OCOCC[Si](C)(C)C.Cc1cccc(OCOCC[Si](C)(C)C)c1C(=O)N1C=CC[C@H]1C(=O)O. The van der Waals surface area contributed by atoms with Crippen molar-refractivity contribution in [3.8, 4) is 11.5 Å². The molecule has 0 unspecified atom stereocenters. The summed E-state index contributed by atoms with van der Waals surface area (Å²) in [6.07, 6.45) is 7.39. The highest BCUT2D eigenvalue weighted by molar-refractivity contribution is 6.76. The van der Waals surface area contributed by atoms with Crippen LogP contribution in [0.5, 0.6) is 11.5 Å². The molecule has 0 aliphatic carbocycles. The van der Waals surface area contributed by atoms with Gasteiger partial charge in [-0.2, -0.15) is 0 Å². The van der Waals surface area contributed by atoms with Crippen LogP contribution in [0, 0.1) is 13.8 Å². The van der Waals surface area contributed by atoms with Crippen molar-refractivity contribution in [2.45, 2.75) is 90.1 Å². The number of methoxy groups -OCH3 is 1. The van der Waals surface area contributed by atoms with Gasteiger partial charge in [0.25, 0.3) is 11.8 Å². The Morgan fingerprint density at radius 2 is 1.11 bits per heavy atom. The van der Waals surface area contributed by atoms with E-state index in [9.17, 15) is 24.3 Å². The Hall–Kier alpha value is -4.25. The second-order valence-corrected chi connectivity index (χ2v) is 26.7. The number of hydrogen-bond donors (Lipinski definition) is 1. The van der Waals surface area contributed by atoms with Gasteiger partial charge in [-0.25, -0.2) is 9.59 Å². The Kier molecular flexibility index (Phi) is 16.1. The monoisotopic (exact) mass is 768 g/mol. The highest BCUT2D eigenvalue weighted by Gasteiger charge is 2.35. The first kappa shape index (κ1) is 43.2. The average Bonchev–Trinajstić information content (AvgIpc) is 3.78. The summed E-state index contributed by atoms with van der Waals surface area (Å²) in [6, 6.07) is 11.3. The summed E-state index contributed by atoms with van der Waals surface area (Å²) in [6.45, 7) is 18.8. The van der Waals surface area contributed by atoms with Crippen LogP contribution < -0.4 is 9.47 Å². The van der Waals surface area contributed by atoms with E-state index in [1.165, 1.54) is 23.1 Å². The molecule has 0 aromatic heterocycles. The topological polar surface area (TPSA) is 141 Å². The Balaban J connectivity index is 0.000000286. The molecule has 4 rings (SSSR count). The highest BCUT2D eigenvalue weighted by atomic mass is 28.3. The molecule has 0 saturated heterocycles. The van der Waals surface area contributed by atoms with Crippen molar-refractivity contribution >= 4 is 39.9 Å². The maximum atomic E-state index is 13.1. The fraction of sp³-hybridized carbons (Fsp3) is 0.487. The number of rotatable bonds is 16. The number of amides is 2. The quantitative estimate of drug-likeness (QED) is 0.0815. The molecule has 2 amide bonds. The Bertz CT molecular complexity index is 1650. The summed E-state index contributed by atoms with van der Waals surface area (Å²) in [5.74, 6) is -1.24. The molecule has 53 heavy (non-hydrogen) atoms. The number of aliphatic carboxylic acids is 1. The lowest BCUT2D eigenvalue weighted by atomic mass is 10.1. The maximum absolute atomic E-state index is 13.1. The number of carbonyl (C=O) groups is 4. The van der Waals surface area contributed by atoms with Crippen LogP contribution in [0.15, 0.2) is 61.0 Å². The molecule has 2 aromatic carbocycles. The van der Waals surface area contributed by atoms with Gasteiger partial charge in [0.05, 0.1) is 18.2 Å². The third-order valence-electron chi connectivity index (χ3n) is 8.63. The van der Waals surface area contributed by atoms with E-state index >= 15 is 0 Å². The third-order valence-corrected chi connectivity index (χ3v) is 12.0. The lowest BCUT2D eigenvalue weighted by Gasteiger charge is -2.23. The lowest BCUT2D eigenvalue weighted by molar-refractivity contribution is -0.144. The molecule has 2 aromatic rings. The van der Waals surface area contributed by atoms with Gasteiger partial charge in [-0.15, -0.1) is 0 Å². The van der Waals surface area contributed by atoms with E-state index in [0.29, 0.717) is 48.7 Å². The van der Waals surface area contributed by atoms with E-state index in [1.54, 1.807) is 36.6 Å². The minimum Gasteiger partial charge on any atom is -0.480 e. The largest absolute Gasteiger partial charge is 0.480 e. The van der Waals surface area contributed by atoms with Crippen molar-refractivity contribution < 1.29 is 48.0 Å². The van der Waals surface area contributed by atoms with Crippen molar-refractivity contribution in [3.05, 3.63) is 83.2 Å². The standard InChI is InChI=1S/C20H29NO5Si.C19H27NO5Si/c1-15-8-6-10-17(26-14-25-12-13-27(3,4)5)18(15)19(22)21-11-7-9-16(21)20(23)24-2;1-14-7-5-9-16(25-13-24-11-12-26(2,3)4)17(14)18(21)20-10-6-8-15(20)19(22)23/h6-8,10-11,16H,9,12-14H2,1-5H3;5-7,9-10,15H,8,11-13H2,1-4H3,(H,22,23)/t16-;15-/m00/s1. The molecule has 12 nitrogen and oxygen atoms in total. The van der Waals surface area contributed by atoms with Crippen molar-refractivity contribution in [2.24, 2.45) is 0 Å². The van der Waals surface area contributed by atoms with Crippen LogP contribution in [0.2, 0.25) is 51.4 Å². The van der Waals surface area contributed by atoms with Gasteiger partial charge in [-0.1, -0.05) is 75.7 Å². The summed E-state index contributed by atoms with van der Waals surface area (Å²) in [7, 11) is -0.999. The Labute approximate surface area is 315 Å². The first-order valence-electron chi connectivity index (χ1n) is 17.8. The number of nitrogens with zero attached hydrogens (tertiary/aromatic N) is 2. The van der Waals surface area contributed by atoms with Crippen molar-refractivity contribution in [2.75, 3.05) is 33.9 Å². The van der Waals surface area contributed by atoms with E-state index in [0.717, 1.165) is 23.2 Å². The van der Waals surface area contributed by atoms with Crippen LogP contribution in [0.3, 0.4) is 0 Å². The normalized spacial score (nSPS) is 16.6. The summed E-state index contributed by atoms with van der Waals surface area (Å²) < 4.78 is 27.4. The van der Waals surface area contributed by atoms with E-state index in [4.69, 9.17) is 23.7 Å². The van der Waals surface area contributed by atoms with Crippen LogP contribution in [0.1, 0.15) is 44.7 Å². The number of aryl methyl sites for hydroxylation is 2. The highest BCUT2D eigenvalue weighted by Crippen LogP contribution is 2.29. The molecule has 1 N–H and O–H groups in total. The van der Waals surface area contributed by atoms with Gasteiger partial charge in [0.1, 0.15) is 23.6 Å². The molecule has 290 valence electrons. The molecular formula is C39H56N2O10Si2. The molecule has 0 saturated carbocycles. The minimum atomic E-state index is -1.17. The van der Waals surface area contributed by atoms with Crippen molar-refractivity contribution in [3.63, 3.8) is 0 Å². The number of esters is 1. The Morgan fingerprint density at radius 1 is 0.698 bits per heavy atom. The molecule has 2 heterocycles. The van der Waals surface area contributed by atoms with Gasteiger partial charge in [0.2, 0.25) is 0 Å². The number of carboxylic acids is 1. The van der Waals surface area contributed by atoms with E-state index in [2.05, 4.69) is 39.3 Å². The van der Waals surface area contributed by atoms with Gasteiger partial charge in [0.15, 0.2) is 13.6 Å². The maximum Gasteiger partial charge on any atom is 0.329 e. The van der Waals surface area contributed by atoms with Crippen LogP contribution in [-0.4, -0.2) is 101 Å². The second-order valence-electron chi connectivity index (χ2n) is 15.4. The third kappa shape index (κ3) is 13.0. The van der Waals surface area contributed by atoms with Crippen molar-refractivity contribution in [1.29, 1.82) is 0 Å². The molecule has 14 heteroatoms. The van der Waals surface area contributed by atoms with E-state index in [1.807, 2.05) is 32.0 Å². The summed E-state index contributed by atoms with van der Waals surface area (Å²) in [4.78, 5) is 52.0. The molecule has 2 atom stereocenters. The van der Waals surface area contributed by atoms with Gasteiger partial charge >= 0.3 is 11.9 Å². The predicted molar refractivity (Wildman–Crippen MR) is 209 cm³/mol. The summed E-state index contributed by atoms with van der Waals surface area (Å²) in [5, 5.41) is 9.30. The lowest BCUT2D eigenvalue weighted by Crippen LogP contribution is -2.39. The van der Waals surface area contributed by atoms with Gasteiger partial charge < -0.3 is 38.6 Å². The number of carbonyl (C=O) groups excluding carboxylic acids is 3. The fourth-order valence-corrected chi connectivity index (χ4v) is 6.95. The summed E-state index contributed by atoms with van der Waals surface area (Å²) in [5.41, 5.74) is 2.33. The molecule has 2 aliphatic heterocycles. The molecular weight excluding hydrogens is 713 g/mol.